The number of rotatable bonds is 6. The zero-order valence-electron chi connectivity index (χ0n) is 7.06. The lowest BCUT2D eigenvalue weighted by molar-refractivity contribution is -0.150. The molecule has 0 aromatic heterocycles. The number of aliphatic hydroxyl groups is 2. The standard InChI is InChI=1S/C7H13NO5/c8-7(13,4-6(11)12)5(10)2-1-3-9/h9,13H,1-4,8H2,(H,11,12). The topological polar surface area (TPSA) is 121 Å². The van der Waals surface area contributed by atoms with Gasteiger partial charge in [0.25, 0.3) is 0 Å². The molecule has 0 saturated heterocycles. The fourth-order valence-electron chi connectivity index (χ4n) is 0.785. The first kappa shape index (κ1) is 12.0. The lowest BCUT2D eigenvalue weighted by Crippen LogP contribution is -2.49. The maximum absolute atomic E-state index is 11.0. The summed E-state index contributed by atoms with van der Waals surface area (Å²) in [4.78, 5) is 21.2. The molecule has 0 amide bonds. The number of hydrogen-bond donors (Lipinski definition) is 4. The second-order valence-electron chi connectivity index (χ2n) is 2.75. The Morgan fingerprint density at radius 1 is 1.38 bits per heavy atom. The van der Waals surface area contributed by atoms with Gasteiger partial charge in [0.15, 0.2) is 11.5 Å². The third-order valence-corrected chi connectivity index (χ3v) is 1.47. The summed E-state index contributed by atoms with van der Waals surface area (Å²) in [7, 11) is 0. The minimum absolute atomic E-state index is 0.128. The van der Waals surface area contributed by atoms with Crippen molar-refractivity contribution < 1.29 is 24.9 Å². The smallest absolute Gasteiger partial charge is 0.308 e. The molecule has 0 saturated carbocycles. The summed E-state index contributed by atoms with van der Waals surface area (Å²) in [5, 5.41) is 25.8. The Hall–Kier alpha value is -0.980. The first-order valence-corrected chi connectivity index (χ1v) is 3.77. The van der Waals surface area contributed by atoms with Crippen LogP contribution in [0.1, 0.15) is 19.3 Å². The molecule has 0 aromatic carbocycles. The number of aliphatic carboxylic acids is 1. The van der Waals surface area contributed by atoms with Crippen molar-refractivity contribution in [3.8, 4) is 0 Å². The Balaban J connectivity index is 4.10. The molecule has 1 atom stereocenters. The van der Waals surface area contributed by atoms with Gasteiger partial charge in [0.05, 0.1) is 6.42 Å². The first-order valence-electron chi connectivity index (χ1n) is 3.77. The highest BCUT2D eigenvalue weighted by Gasteiger charge is 2.32. The van der Waals surface area contributed by atoms with Gasteiger partial charge in [-0.3, -0.25) is 15.3 Å². The summed E-state index contributed by atoms with van der Waals surface area (Å²) in [5.41, 5.74) is 2.73. The van der Waals surface area contributed by atoms with E-state index in [2.05, 4.69) is 0 Å². The Labute approximate surface area is 75.0 Å². The molecule has 0 aliphatic rings. The zero-order chi connectivity index (χ0) is 10.5. The van der Waals surface area contributed by atoms with Crippen molar-refractivity contribution in [3.63, 3.8) is 0 Å². The van der Waals surface area contributed by atoms with E-state index in [1.165, 1.54) is 0 Å². The molecule has 0 aliphatic carbocycles. The molecule has 76 valence electrons. The Bertz CT molecular complexity index is 201. The highest BCUT2D eigenvalue weighted by Crippen LogP contribution is 2.07. The Kier molecular flexibility index (Phi) is 4.53. The van der Waals surface area contributed by atoms with E-state index in [1.807, 2.05) is 0 Å². The largest absolute Gasteiger partial charge is 0.481 e. The molecule has 0 bridgehead atoms. The quantitative estimate of drug-likeness (QED) is 0.377. The van der Waals surface area contributed by atoms with Gasteiger partial charge in [0.2, 0.25) is 0 Å². The molecule has 1 unspecified atom stereocenters. The van der Waals surface area contributed by atoms with Gasteiger partial charge in [0.1, 0.15) is 0 Å². The number of carboxylic acids is 1. The van der Waals surface area contributed by atoms with E-state index >= 15 is 0 Å². The highest BCUT2D eigenvalue weighted by atomic mass is 16.4. The number of carbonyl (C=O) groups is 2. The number of hydrogen-bond acceptors (Lipinski definition) is 5. The summed E-state index contributed by atoms with van der Waals surface area (Å²) >= 11 is 0. The van der Waals surface area contributed by atoms with Gasteiger partial charge < -0.3 is 15.3 Å². The average Bonchev–Trinajstić information content (AvgIpc) is 1.97. The van der Waals surface area contributed by atoms with Crippen LogP contribution >= 0.6 is 0 Å². The molecule has 6 nitrogen and oxygen atoms in total. The van der Waals surface area contributed by atoms with Crippen molar-refractivity contribution in [1.82, 2.24) is 0 Å². The summed E-state index contributed by atoms with van der Waals surface area (Å²) in [6.07, 6.45) is -0.786. The van der Waals surface area contributed by atoms with Crippen molar-refractivity contribution in [2.45, 2.75) is 25.0 Å². The van der Waals surface area contributed by atoms with Crippen LogP contribution in [-0.2, 0) is 9.59 Å². The number of carbonyl (C=O) groups excluding carboxylic acids is 1. The second kappa shape index (κ2) is 4.90. The van der Waals surface area contributed by atoms with Gasteiger partial charge in [0, 0.05) is 13.0 Å². The van der Waals surface area contributed by atoms with E-state index in [9.17, 15) is 9.59 Å². The van der Waals surface area contributed by atoms with E-state index in [1.54, 1.807) is 0 Å². The molecule has 0 radical (unpaired) electrons. The monoisotopic (exact) mass is 191 g/mol. The Morgan fingerprint density at radius 2 is 1.92 bits per heavy atom. The maximum atomic E-state index is 11.0. The average molecular weight is 191 g/mol. The fourth-order valence-corrected chi connectivity index (χ4v) is 0.785. The van der Waals surface area contributed by atoms with Crippen LogP contribution in [0, 0.1) is 0 Å². The van der Waals surface area contributed by atoms with E-state index in [-0.39, 0.29) is 19.4 Å². The van der Waals surface area contributed by atoms with Crippen molar-refractivity contribution in [1.29, 1.82) is 0 Å². The molecule has 13 heavy (non-hydrogen) atoms. The second-order valence-corrected chi connectivity index (χ2v) is 2.75. The molecule has 0 aromatic rings. The highest BCUT2D eigenvalue weighted by molar-refractivity contribution is 5.90. The van der Waals surface area contributed by atoms with Gasteiger partial charge in [-0.05, 0) is 6.42 Å². The third kappa shape index (κ3) is 4.56. The third-order valence-electron chi connectivity index (χ3n) is 1.47. The molecule has 6 heteroatoms. The lowest BCUT2D eigenvalue weighted by Gasteiger charge is -2.18. The molecule has 0 heterocycles. The zero-order valence-corrected chi connectivity index (χ0v) is 7.06. The number of aliphatic hydroxyl groups excluding tert-OH is 1. The lowest BCUT2D eigenvalue weighted by atomic mass is 10.0. The molecule has 0 fully saturated rings. The van der Waals surface area contributed by atoms with Gasteiger partial charge in [-0.15, -0.1) is 0 Å². The van der Waals surface area contributed by atoms with Crippen LogP contribution in [0.15, 0.2) is 0 Å². The van der Waals surface area contributed by atoms with E-state index in [0.717, 1.165) is 0 Å². The van der Waals surface area contributed by atoms with E-state index < -0.39 is 23.9 Å². The fraction of sp³-hybridized carbons (Fsp3) is 0.714. The van der Waals surface area contributed by atoms with Crippen molar-refractivity contribution in [3.05, 3.63) is 0 Å². The van der Waals surface area contributed by atoms with Crippen LogP contribution in [0.2, 0.25) is 0 Å². The minimum atomic E-state index is -2.32. The van der Waals surface area contributed by atoms with Crippen LogP contribution < -0.4 is 5.73 Å². The van der Waals surface area contributed by atoms with Crippen LogP contribution in [0.4, 0.5) is 0 Å². The number of ketones is 1. The molecular weight excluding hydrogens is 178 g/mol. The van der Waals surface area contributed by atoms with Crippen LogP contribution in [0.3, 0.4) is 0 Å². The molecular formula is C7H13NO5. The maximum Gasteiger partial charge on any atom is 0.308 e. The molecule has 0 spiro atoms. The predicted octanol–water partition coefficient (Wildman–Crippen LogP) is -1.55. The molecule has 5 N–H and O–H groups in total. The van der Waals surface area contributed by atoms with Crippen molar-refractivity contribution in [2.75, 3.05) is 6.61 Å². The van der Waals surface area contributed by atoms with Crippen LogP contribution in [0.25, 0.3) is 0 Å². The molecule has 0 rings (SSSR count). The normalized spacial score (nSPS) is 15.0. The summed E-state index contributed by atoms with van der Waals surface area (Å²) in [6, 6.07) is 0. The number of nitrogens with two attached hydrogens (primary N) is 1. The summed E-state index contributed by atoms with van der Waals surface area (Å²) in [6.45, 7) is -0.200. The van der Waals surface area contributed by atoms with Gasteiger partial charge in [-0.1, -0.05) is 0 Å². The Morgan fingerprint density at radius 3 is 2.31 bits per heavy atom. The number of Topliss-reactive ketones (excluding diaryl/α,β-unsaturated/α-hetero) is 1. The molecule has 0 aliphatic heterocycles. The van der Waals surface area contributed by atoms with Crippen LogP contribution in [0.5, 0.6) is 0 Å². The van der Waals surface area contributed by atoms with Gasteiger partial charge in [-0.25, -0.2) is 0 Å². The van der Waals surface area contributed by atoms with Crippen molar-refractivity contribution in [2.24, 2.45) is 5.73 Å². The SMILES string of the molecule is NC(O)(CC(=O)O)C(=O)CCCO. The van der Waals surface area contributed by atoms with Crippen molar-refractivity contribution >= 4 is 11.8 Å². The van der Waals surface area contributed by atoms with Crippen LogP contribution in [-0.4, -0.2) is 39.4 Å². The van der Waals surface area contributed by atoms with E-state index in [0.29, 0.717) is 0 Å². The van der Waals surface area contributed by atoms with E-state index in [4.69, 9.17) is 21.1 Å². The van der Waals surface area contributed by atoms with Gasteiger partial charge in [-0.2, -0.15) is 0 Å². The minimum Gasteiger partial charge on any atom is -0.481 e. The summed E-state index contributed by atoms with van der Waals surface area (Å²) in [5.74, 6) is -2.12. The first-order chi connectivity index (χ1) is 5.90. The number of carboxylic acid groups (broad SMARTS) is 1. The predicted molar refractivity (Wildman–Crippen MR) is 42.7 cm³/mol. The van der Waals surface area contributed by atoms with Gasteiger partial charge >= 0.3 is 5.97 Å². The summed E-state index contributed by atoms with van der Waals surface area (Å²) < 4.78 is 0.